The standard InChI is InChI=1S/C12H12N4S/c1-9-13-8-16(14-9)7-6-11-10-4-2-3-5-12(10)17-15-11/h2-5,8H,6-7H2,1H3. The van der Waals surface area contributed by atoms with Crippen LogP contribution in [0.15, 0.2) is 30.6 Å². The lowest BCUT2D eigenvalue weighted by molar-refractivity contribution is 0.606. The highest BCUT2D eigenvalue weighted by atomic mass is 32.1. The summed E-state index contributed by atoms with van der Waals surface area (Å²) in [7, 11) is 0. The molecule has 3 aromatic rings. The first-order chi connectivity index (χ1) is 8.33. The lowest BCUT2D eigenvalue weighted by Gasteiger charge is -1.98. The molecular formula is C12H12N4S. The predicted octanol–water partition coefficient (Wildman–Crippen LogP) is 2.44. The Kier molecular flexibility index (Phi) is 2.60. The lowest BCUT2D eigenvalue weighted by atomic mass is 10.2. The summed E-state index contributed by atoms with van der Waals surface area (Å²) < 4.78 is 7.61. The summed E-state index contributed by atoms with van der Waals surface area (Å²) in [6.07, 6.45) is 2.66. The van der Waals surface area contributed by atoms with Crippen LogP contribution < -0.4 is 0 Å². The second-order valence-electron chi connectivity index (χ2n) is 3.93. The highest BCUT2D eigenvalue weighted by Crippen LogP contribution is 2.22. The van der Waals surface area contributed by atoms with E-state index < -0.39 is 0 Å². The second-order valence-corrected chi connectivity index (χ2v) is 4.74. The molecule has 86 valence electrons. The smallest absolute Gasteiger partial charge is 0.147 e. The van der Waals surface area contributed by atoms with Crippen molar-refractivity contribution >= 4 is 21.6 Å². The van der Waals surface area contributed by atoms with Crippen molar-refractivity contribution in [3.05, 3.63) is 42.1 Å². The van der Waals surface area contributed by atoms with Crippen LogP contribution in [0.4, 0.5) is 0 Å². The van der Waals surface area contributed by atoms with Gasteiger partial charge in [-0.05, 0) is 24.5 Å². The van der Waals surface area contributed by atoms with Gasteiger partial charge in [-0.1, -0.05) is 18.2 Å². The Balaban J connectivity index is 1.81. The van der Waals surface area contributed by atoms with Crippen molar-refractivity contribution in [1.82, 2.24) is 19.1 Å². The summed E-state index contributed by atoms with van der Waals surface area (Å²) in [5.41, 5.74) is 1.15. The van der Waals surface area contributed by atoms with E-state index in [0.29, 0.717) is 0 Å². The number of fused-ring (bicyclic) bond motifs is 1. The topological polar surface area (TPSA) is 43.6 Å². The van der Waals surface area contributed by atoms with Crippen LogP contribution in [0.1, 0.15) is 11.5 Å². The zero-order valence-electron chi connectivity index (χ0n) is 9.50. The molecule has 2 heterocycles. The number of aromatic nitrogens is 4. The maximum Gasteiger partial charge on any atom is 0.147 e. The van der Waals surface area contributed by atoms with E-state index in [1.807, 2.05) is 17.7 Å². The summed E-state index contributed by atoms with van der Waals surface area (Å²) >= 11 is 1.56. The zero-order valence-corrected chi connectivity index (χ0v) is 10.3. The number of hydrogen-bond acceptors (Lipinski definition) is 4. The van der Waals surface area contributed by atoms with E-state index in [4.69, 9.17) is 0 Å². The Bertz CT molecular complexity index is 641. The number of aryl methyl sites for hydroxylation is 3. The van der Waals surface area contributed by atoms with Gasteiger partial charge in [-0.3, -0.25) is 4.68 Å². The Morgan fingerprint density at radius 1 is 1.29 bits per heavy atom. The largest absolute Gasteiger partial charge is 0.252 e. The number of rotatable bonds is 3. The average molecular weight is 244 g/mol. The van der Waals surface area contributed by atoms with Crippen LogP contribution in [-0.2, 0) is 13.0 Å². The molecule has 5 heteroatoms. The van der Waals surface area contributed by atoms with Crippen LogP contribution in [0.5, 0.6) is 0 Å². The van der Waals surface area contributed by atoms with Gasteiger partial charge in [0, 0.05) is 18.4 Å². The quantitative estimate of drug-likeness (QED) is 0.710. The van der Waals surface area contributed by atoms with Crippen LogP contribution >= 0.6 is 11.5 Å². The molecule has 0 aliphatic heterocycles. The molecule has 0 aliphatic carbocycles. The third kappa shape index (κ3) is 2.06. The van der Waals surface area contributed by atoms with Crippen LogP contribution in [0, 0.1) is 6.92 Å². The minimum absolute atomic E-state index is 0.813. The monoisotopic (exact) mass is 244 g/mol. The Morgan fingerprint density at radius 3 is 3.00 bits per heavy atom. The first kappa shape index (κ1) is 10.4. The minimum Gasteiger partial charge on any atom is -0.252 e. The molecule has 2 aromatic heterocycles. The summed E-state index contributed by atoms with van der Waals surface area (Å²) in [6.45, 7) is 2.73. The average Bonchev–Trinajstić information content (AvgIpc) is 2.93. The summed E-state index contributed by atoms with van der Waals surface area (Å²) in [6, 6.07) is 8.34. The second kappa shape index (κ2) is 4.25. The molecule has 0 atom stereocenters. The van der Waals surface area contributed by atoms with E-state index in [1.165, 1.54) is 10.1 Å². The fourth-order valence-electron chi connectivity index (χ4n) is 1.83. The van der Waals surface area contributed by atoms with Crippen LogP contribution in [0.25, 0.3) is 10.1 Å². The van der Waals surface area contributed by atoms with Gasteiger partial charge in [-0.25, -0.2) is 4.98 Å². The van der Waals surface area contributed by atoms with Gasteiger partial charge in [0.05, 0.1) is 10.4 Å². The van der Waals surface area contributed by atoms with Gasteiger partial charge in [0.1, 0.15) is 12.2 Å². The van der Waals surface area contributed by atoms with Crippen LogP contribution in [-0.4, -0.2) is 19.1 Å². The zero-order chi connectivity index (χ0) is 11.7. The molecule has 0 fully saturated rings. The van der Waals surface area contributed by atoms with Gasteiger partial charge >= 0.3 is 0 Å². The number of benzene rings is 1. The molecule has 17 heavy (non-hydrogen) atoms. The van der Waals surface area contributed by atoms with E-state index in [0.717, 1.165) is 24.5 Å². The van der Waals surface area contributed by atoms with Gasteiger partial charge in [0.2, 0.25) is 0 Å². The Morgan fingerprint density at radius 2 is 2.18 bits per heavy atom. The third-order valence-corrected chi connectivity index (χ3v) is 3.55. The van der Waals surface area contributed by atoms with Crippen LogP contribution in [0.2, 0.25) is 0 Å². The highest BCUT2D eigenvalue weighted by molar-refractivity contribution is 7.13. The summed E-state index contributed by atoms with van der Waals surface area (Å²) in [4.78, 5) is 4.11. The predicted molar refractivity (Wildman–Crippen MR) is 68.1 cm³/mol. The van der Waals surface area contributed by atoms with Crippen molar-refractivity contribution in [2.75, 3.05) is 0 Å². The van der Waals surface area contributed by atoms with Crippen molar-refractivity contribution in [3.63, 3.8) is 0 Å². The van der Waals surface area contributed by atoms with Gasteiger partial charge in [-0.15, -0.1) is 0 Å². The van der Waals surface area contributed by atoms with E-state index in [-0.39, 0.29) is 0 Å². The fraction of sp³-hybridized carbons (Fsp3) is 0.250. The van der Waals surface area contributed by atoms with Gasteiger partial charge in [-0.2, -0.15) is 9.47 Å². The molecule has 1 aromatic carbocycles. The molecule has 3 rings (SSSR count). The van der Waals surface area contributed by atoms with E-state index in [2.05, 4.69) is 32.7 Å². The maximum absolute atomic E-state index is 4.50. The summed E-state index contributed by atoms with van der Waals surface area (Å²) in [5, 5.41) is 5.53. The molecule has 0 radical (unpaired) electrons. The highest BCUT2D eigenvalue weighted by Gasteiger charge is 2.05. The molecule has 0 N–H and O–H groups in total. The van der Waals surface area contributed by atoms with E-state index in [9.17, 15) is 0 Å². The Labute approximate surface area is 103 Å². The molecular weight excluding hydrogens is 232 g/mol. The SMILES string of the molecule is Cc1ncn(CCc2nsc3ccccc23)n1. The number of hydrogen-bond donors (Lipinski definition) is 0. The van der Waals surface area contributed by atoms with Gasteiger partial charge < -0.3 is 0 Å². The lowest BCUT2D eigenvalue weighted by Crippen LogP contribution is -2.02. The van der Waals surface area contributed by atoms with Crippen molar-refractivity contribution in [3.8, 4) is 0 Å². The van der Waals surface area contributed by atoms with Gasteiger partial charge in [0.25, 0.3) is 0 Å². The van der Waals surface area contributed by atoms with Crippen LogP contribution in [0.3, 0.4) is 0 Å². The molecule has 0 saturated carbocycles. The minimum atomic E-state index is 0.813. The first-order valence-electron chi connectivity index (χ1n) is 5.52. The Hall–Kier alpha value is -1.75. The van der Waals surface area contributed by atoms with Gasteiger partial charge in [0.15, 0.2) is 0 Å². The molecule has 0 bridgehead atoms. The van der Waals surface area contributed by atoms with E-state index >= 15 is 0 Å². The summed E-state index contributed by atoms with van der Waals surface area (Å²) in [5.74, 6) is 0.813. The van der Waals surface area contributed by atoms with E-state index in [1.54, 1.807) is 17.9 Å². The van der Waals surface area contributed by atoms with Crippen molar-refractivity contribution in [1.29, 1.82) is 0 Å². The molecule has 4 nitrogen and oxygen atoms in total. The molecule has 0 aliphatic rings. The fourth-order valence-corrected chi connectivity index (χ4v) is 2.66. The third-order valence-electron chi connectivity index (χ3n) is 2.68. The molecule has 0 saturated heterocycles. The maximum atomic E-state index is 4.50. The molecule has 0 amide bonds. The normalized spacial score (nSPS) is 11.1. The van der Waals surface area contributed by atoms with Crippen molar-refractivity contribution in [2.24, 2.45) is 0 Å². The van der Waals surface area contributed by atoms with Crippen molar-refractivity contribution in [2.45, 2.75) is 19.9 Å². The molecule has 0 unspecified atom stereocenters. The first-order valence-corrected chi connectivity index (χ1v) is 6.29. The van der Waals surface area contributed by atoms with Crippen molar-refractivity contribution < 1.29 is 0 Å². The number of nitrogens with zero attached hydrogens (tertiary/aromatic N) is 4. The molecule has 0 spiro atoms.